The van der Waals surface area contributed by atoms with E-state index >= 15 is 0 Å². The highest BCUT2D eigenvalue weighted by atomic mass is 16.4. The maximum Gasteiger partial charge on any atom is 0.250 e. The fourth-order valence-electron chi connectivity index (χ4n) is 1.13. The summed E-state index contributed by atoms with van der Waals surface area (Å²) in [5.41, 5.74) is 5.38. The normalized spacial score (nSPS) is 15.9. The summed E-state index contributed by atoms with van der Waals surface area (Å²) in [5, 5.41) is 43.5. The highest BCUT2D eigenvalue weighted by molar-refractivity contribution is 5.92. The van der Waals surface area contributed by atoms with Crippen LogP contribution in [0.5, 0.6) is 0 Å². The first-order valence-electron chi connectivity index (χ1n) is 5.83. The minimum Gasteiger partial charge on any atom is -0.394 e. The van der Waals surface area contributed by atoms with Gasteiger partial charge in [0.05, 0.1) is 12.2 Å². The van der Waals surface area contributed by atoms with Crippen LogP contribution < -0.4 is 5.73 Å². The summed E-state index contributed by atoms with van der Waals surface area (Å²) < 4.78 is 0. The van der Waals surface area contributed by atoms with Gasteiger partial charge < -0.3 is 36.1 Å². The summed E-state index contributed by atoms with van der Waals surface area (Å²) in [6.07, 6.45) is -3.82. The summed E-state index contributed by atoms with van der Waals surface area (Å²) in [5.74, 6) is -0.442. The van der Waals surface area contributed by atoms with E-state index in [2.05, 4.69) is 4.98 Å². The number of hydrogen-bond donors (Lipinski definition) is 6. The second kappa shape index (κ2) is 9.91. The van der Waals surface area contributed by atoms with Crippen LogP contribution in [-0.4, -0.2) is 73.7 Å². The standard InChI is InChI=1S/C6H6N2O.C6H12O6/c7-6(9)5-2-1-3-8-4-5;7-1-3(9)5(11)6(12)4(10)2-8/h1-4H,(H2,7,9);1,3-6,8-12H,2H2. The lowest BCUT2D eigenvalue weighted by Crippen LogP contribution is -2.46. The number of nitrogens with zero attached hydrogens (tertiary/aromatic N) is 1. The number of amides is 1. The fourth-order valence-corrected chi connectivity index (χ4v) is 1.13. The molecule has 0 aliphatic heterocycles. The van der Waals surface area contributed by atoms with Gasteiger partial charge in [0, 0.05) is 12.4 Å². The van der Waals surface area contributed by atoms with Crippen LogP contribution in [0.3, 0.4) is 0 Å². The molecule has 7 N–H and O–H groups in total. The third-order valence-corrected chi connectivity index (χ3v) is 2.37. The van der Waals surface area contributed by atoms with Gasteiger partial charge in [-0.3, -0.25) is 9.78 Å². The molecule has 0 saturated heterocycles. The molecular weight excluding hydrogens is 284 g/mol. The van der Waals surface area contributed by atoms with E-state index in [9.17, 15) is 9.59 Å². The summed E-state index contributed by atoms with van der Waals surface area (Å²) in [6.45, 7) is -0.760. The first-order chi connectivity index (χ1) is 9.84. The number of carbonyl (C=O) groups excluding carboxylic acids is 2. The van der Waals surface area contributed by atoms with E-state index in [0.717, 1.165) is 0 Å². The van der Waals surface area contributed by atoms with E-state index in [1.54, 1.807) is 18.3 Å². The second-order valence-corrected chi connectivity index (χ2v) is 3.96. The van der Waals surface area contributed by atoms with Crippen LogP contribution in [0, 0.1) is 0 Å². The lowest BCUT2D eigenvalue weighted by Gasteiger charge is -2.22. The van der Waals surface area contributed by atoms with Crippen molar-refractivity contribution in [3.8, 4) is 0 Å². The van der Waals surface area contributed by atoms with Crippen LogP contribution in [-0.2, 0) is 4.79 Å². The maximum atomic E-state index is 10.4. The number of carbonyl (C=O) groups is 2. The summed E-state index contributed by atoms with van der Waals surface area (Å²) in [7, 11) is 0. The first kappa shape index (κ1) is 19.1. The lowest BCUT2D eigenvalue weighted by atomic mass is 10.0. The van der Waals surface area contributed by atoms with Gasteiger partial charge >= 0.3 is 0 Å². The molecule has 1 aromatic heterocycles. The first-order valence-corrected chi connectivity index (χ1v) is 5.83. The Morgan fingerprint density at radius 2 is 1.90 bits per heavy atom. The highest BCUT2D eigenvalue weighted by Crippen LogP contribution is 2.02. The SMILES string of the molecule is NC(=O)c1cccnc1.O=CC(O)C(O)C(O)C(O)CO. The van der Waals surface area contributed by atoms with E-state index in [4.69, 9.17) is 31.3 Å². The van der Waals surface area contributed by atoms with Gasteiger partial charge in [-0.05, 0) is 12.1 Å². The van der Waals surface area contributed by atoms with Crippen LogP contribution in [0.15, 0.2) is 24.5 Å². The predicted octanol–water partition coefficient (Wildman–Crippen LogP) is -3.20. The average molecular weight is 302 g/mol. The molecule has 1 amide bonds. The number of primary amides is 1. The molecule has 0 bridgehead atoms. The number of aromatic nitrogens is 1. The number of aliphatic hydroxyl groups is 5. The van der Waals surface area contributed by atoms with Gasteiger partial charge in [-0.2, -0.15) is 0 Å². The predicted molar refractivity (Wildman–Crippen MR) is 69.9 cm³/mol. The van der Waals surface area contributed by atoms with Crippen LogP contribution in [0.1, 0.15) is 10.4 Å². The Morgan fingerprint density at radius 3 is 2.24 bits per heavy atom. The van der Waals surface area contributed by atoms with Gasteiger partial charge in [0.1, 0.15) is 24.4 Å². The van der Waals surface area contributed by atoms with Crippen molar-refractivity contribution in [3.05, 3.63) is 30.1 Å². The molecule has 0 fully saturated rings. The molecular formula is C12H18N2O7. The molecule has 118 valence electrons. The number of pyridine rings is 1. The Labute approximate surface area is 120 Å². The van der Waals surface area contributed by atoms with Crippen LogP contribution in [0.25, 0.3) is 0 Å². The summed E-state index contributed by atoms with van der Waals surface area (Å²) in [6, 6.07) is 3.29. The van der Waals surface area contributed by atoms with Gasteiger partial charge in [0.15, 0.2) is 6.29 Å². The Hall–Kier alpha value is -1.91. The molecule has 0 aliphatic rings. The van der Waals surface area contributed by atoms with Gasteiger partial charge in [-0.15, -0.1) is 0 Å². The zero-order chi connectivity index (χ0) is 16.4. The molecule has 1 heterocycles. The smallest absolute Gasteiger partial charge is 0.250 e. The van der Waals surface area contributed by atoms with E-state index in [-0.39, 0.29) is 6.29 Å². The molecule has 0 aliphatic carbocycles. The zero-order valence-corrected chi connectivity index (χ0v) is 11.0. The van der Waals surface area contributed by atoms with Crippen molar-refractivity contribution in [2.45, 2.75) is 24.4 Å². The van der Waals surface area contributed by atoms with Gasteiger partial charge in [0.25, 0.3) is 0 Å². The van der Waals surface area contributed by atoms with E-state index < -0.39 is 36.9 Å². The minimum atomic E-state index is -1.79. The summed E-state index contributed by atoms with van der Waals surface area (Å²) in [4.78, 5) is 24.0. The van der Waals surface area contributed by atoms with Crippen molar-refractivity contribution in [2.75, 3.05) is 6.61 Å². The molecule has 1 aromatic rings. The maximum absolute atomic E-state index is 10.4. The van der Waals surface area contributed by atoms with Crippen molar-refractivity contribution in [1.29, 1.82) is 0 Å². The van der Waals surface area contributed by atoms with Crippen LogP contribution in [0.2, 0.25) is 0 Å². The molecule has 1 rings (SSSR count). The highest BCUT2D eigenvalue weighted by Gasteiger charge is 2.29. The van der Waals surface area contributed by atoms with Gasteiger partial charge in [-0.1, -0.05) is 0 Å². The fraction of sp³-hybridized carbons (Fsp3) is 0.417. The van der Waals surface area contributed by atoms with Gasteiger partial charge in [0.2, 0.25) is 5.91 Å². The monoisotopic (exact) mass is 302 g/mol. The third kappa shape index (κ3) is 6.88. The Morgan fingerprint density at radius 1 is 1.29 bits per heavy atom. The minimum absolute atomic E-state index is 0.0258. The van der Waals surface area contributed by atoms with Crippen LogP contribution in [0.4, 0.5) is 0 Å². The quantitative estimate of drug-likeness (QED) is 0.298. The number of nitrogens with two attached hydrogens (primary N) is 1. The van der Waals surface area contributed by atoms with Crippen LogP contribution >= 0.6 is 0 Å². The molecule has 9 nitrogen and oxygen atoms in total. The van der Waals surface area contributed by atoms with Gasteiger partial charge in [-0.25, -0.2) is 0 Å². The number of rotatable bonds is 6. The topological polar surface area (TPSA) is 174 Å². The van der Waals surface area contributed by atoms with E-state index in [1.165, 1.54) is 6.20 Å². The molecule has 9 heteroatoms. The van der Waals surface area contributed by atoms with Crippen molar-refractivity contribution in [2.24, 2.45) is 5.73 Å². The van der Waals surface area contributed by atoms with Crippen molar-refractivity contribution < 1.29 is 35.1 Å². The van der Waals surface area contributed by atoms with E-state index in [0.29, 0.717) is 5.56 Å². The Bertz CT molecular complexity index is 429. The van der Waals surface area contributed by atoms with E-state index in [1.807, 2.05) is 0 Å². The molecule has 21 heavy (non-hydrogen) atoms. The number of aliphatic hydroxyl groups excluding tert-OH is 5. The van der Waals surface area contributed by atoms with Crippen molar-refractivity contribution in [3.63, 3.8) is 0 Å². The molecule has 4 atom stereocenters. The third-order valence-electron chi connectivity index (χ3n) is 2.37. The number of aldehydes is 1. The molecule has 0 aromatic carbocycles. The van der Waals surface area contributed by atoms with Crippen molar-refractivity contribution in [1.82, 2.24) is 4.98 Å². The molecule has 4 unspecified atom stereocenters. The largest absolute Gasteiger partial charge is 0.394 e. The lowest BCUT2D eigenvalue weighted by molar-refractivity contribution is -0.136. The molecule has 0 spiro atoms. The number of hydrogen-bond acceptors (Lipinski definition) is 8. The Balaban J connectivity index is 0.000000394. The zero-order valence-electron chi connectivity index (χ0n) is 11.0. The molecule has 0 radical (unpaired) electrons. The average Bonchev–Trinajstić information content (AvgIpc) is 2.53. The van der Waals surface area contributed by atoms with Crippen molar-refractivity contribution >= 4 is 12.2 Å². The second-order valence-electron chi connectivity index (χ2n) is 3.96. The Kier molecular flexibility index (Phi) is 9.01. The summed E-state index contributed by atoms with van der Waals surface area (Å²) >= 11 is 0. The molecule has 0 saturated carbocycles.